The van der Waals surface area contributed by atoms with Crippen molar-refractivity contribution in [2.24, 2.45) is 0 Å². The highest BCUT2D eigenvalue weighted by Gasteiger charge is 2.25. The molecular weight excluding hydrogens is 218 g/mol. The summed E-state index contributed by atoms with van der Waals surface area (Å²) in [5, 5.41) is 6.24. The summed E-state index contributed by atoms with van der Waals surface area (Å²) in [6.07, 6.45) is 0.850. The van der Waals surface area contributed by atoms with Crippen LogP contribution >= 0.6 is 0 Å². The molecule has 0 aliphatic carbocycles. The first-order chi connectivity index (χ1) is 8.15. The molecule has 5 nitrogen and oxygen atoms in total. The van der Waals surface area contributed by atoms with Crippen LogP contribution in [0.1, 0.15) is 20.3 Å². The molecule has 2 fully saturated rings. The lowest BCUT2D eigenvalue weighted by Gasteiger charge is -2.35. The van der Waals surface area contributed by atoms with Crippen LogP contribution in [0, 0.1) is 0 Å². The largest absolute Gasteiger partial charge is 0.374 e. The minimum absolute atomic E-state index is 0.149. The SMILES string of the molecule is CC(C)N1CCOC(CNC2CNC(=O)C2)C1. The second-order valence-electron chi connectivity index (χ2n) is 5.19. The highest BCUT2D eigenvalue weighted by atomic mass is 16.5. The third-order valence-electron chi connectivity index (χ3n) is 3.51. The van der Waals surface area contributed by atoms with Crippen molar-refractivity contribution in [2.75, 3.05) is 32.8 Å². The van der Waals surface area contributed by atoms with Crippen LogP contribution in [0.25, 0.3) is 0 Å². The van der Waals surface area contributed by atoms with Gasteiger partial charge in [-0.15, -0.1) is 0 Å². The fourth-order valence-electron chi connectivity index (χ4n) is 2.38. The third-order valence-corrected chi connectivity index (χ3v) is 3.51. The van der Waals surface area contributed by atoms with Gasteiger partial charge < -0.3 is 15.4 Å². The van der Waals surface area contributed by atoms with E-state index in [1.807, 2.05) is 0 Å². The molecule has 2 rings (SSSR count). The summed E-state index contributed by atoms with van der Waals surface area (Å²) in [7, 11) is 0. The van der Waals surface area contributed by atoms with Crippen LogP contribution in [-0.4, -0.2) is 61.8 Å². The zero-order chi connectivity index (χ0) is 12.3. The van der Waals surface area contributed by atoms with E-state index < -0.39 is 0 Å². The molecule has 0 saturated carbocycles. The van der Waals surface area contributed by atoms with E-state index in [2.05, 4.69) is 29.4 Å². The van der Waals surface area contributed by atoms with Gasteiger partial charge in [-0.3, -0.25) is 9.69 Å². The molecule has 0 spiro atoms. The third kappa shape index (κ3) is 3.66. The Kier molecular flexibility index (Phi) is 4.36. The van der Waals surface area contributed by atoms with E-state index in [0.29, 0.717) is 12.5 Å². The summed E-state index contributed by atoms with van der Waals surface area (Å²) in [5.41, 5.74) is 0. The monoisotopic (exact) mass is 241 g/mol. The van der Waals surface area contributed by atoms with Gasteiger partial charge in [0.25, 0.3) is 0 Å². The molecule has 0 radical (unpaired) electrons. The normalized spacial score (nSPS) is 30.9. The average molecular weight is 241 g/mol. The van der Waals surface area contributed by atoms with Gasteiger partial charge in [0.15, 0.2) is 0 Å². The summed E-state index contributed by atoms with van der Waals surface area (Å²) >= 11 is 0. The van der Waals surface area contributed by atoms with E-state index in [9.17, 15) is 4.79 Å². The first-order valence-corrected chi connectivity index (χ1v) is 6.51. The molecule has 2 aliphatic heterocycles. The van der Waals surface area contributed by atoms with Crippen molar-refractivity contribution in [1.29, 1.82) is 0 Å². The van der Waals surface area contributed by atoms with Crippen molar-refractivity contribution >= 4 is 5.91 Å². The van der Waals surface area contributed by atoms with Gasteiger partial charge in [-0.1, -0.05) is 0 Å². The van der Waals surface area contributed by atoms with Crippen molar-refractivity contribution < 1.29 is 9.53 Å². The van der Waals surface area contributed by atoms with Crippen molar-refractivity contribution in [2.45, 2.75) is 38.5 Å². The van der Waals surface area contributed by atoms with Crippen molar-refractivity contribution in [3.63, 3.8) is 0 Å². The van der Waals surface area contributed by atoms with E-state index >= 15 is 0 Å². The fraction of sp³-hybridized carbons (Fsp3) is 0.917. The molecule has 0 aromatic carbocycles. The van der Waals surface area contributed by atoms with Gasteiger partial charge in [0.1, 0.15) is 0 Å². The van der Waals surface area contributed by atoms with Crippen LogP contribution in [-0.2, 0) is 9.53 Å². The van der Waals surface area contributed by atoms with Gasteiger partial charge in [0.05, 0.1) is 12.7 Å². The molecule has 5 heteroatoms. The number of hydrogen-bond donors (Lipinski definition) is 2. The Labute approximate surface area is 103 Å². The molecule has 2 atom stereocenters. The molecule has 0 bridgehead atoms. The number of amides is 1. The summed E-state index contributed by atoms with van der Waals surface area (Å²) in [4.78, 5) is 13.5. The molecule has 17 heavy (non-hydrogen) atoms. The number of rotatable bonds is 4. The van der Waals surface area contributed by atoms with E-state index in [1.54, 1.807) is 0 Å². The Morgan fingerprint density at radius 1 is 1.59 bits per heavy atom. The molecule has 98 valence electrons. The number of ether oxygens (including phenoxy) is 1. The highest BCUT2D eigenvalue weighted by molar-refractivity contribution is 5.78. The van der Waals surface area contributed by atoms with Crippen LogP contribution < -0.4 is 10.6 Å². The minimum atomic E-state index is 0.149. The second-order valence-corrected chi connectivity index (χ2v) is 5.19. The maximum atomic E-state index is 11.1. The van der Waals surface area contributed by atoms with Crippen molar-refractivity contribution in [1.82, 2.24) is 15.5 Å². The molecular formula is C12H23N3O2. The van der Waals surface area contributed by atoms with Gasteiger partial charge in [-0.25, -0.2) is 0 Å². The van der Waals surface area contributed by atoms with Crippen LogP contribution in [0.15, 0.2) is 0 Å². The Hall–Kier alpha value is -0.650. The van der Waals surface area contributed by atoms with Crippen molar-refractivity contribution in [3.05, 3.63) is 0 Å². The first kappa shape index (κ1) is 12.8. The molecule has 1 amide bonds. The quantitative estimate of drug-likeness (QED) is 0.701. The fourth-order valence-corrected chi connectivity index (χ4v) is 2.38. The van der Waals surface area contributed by atoms with E-state index in [4.69, 9.17) is 4.74 Å². The molecule has 0 aromatic heterocycles. The van der Waals surface area contributed by atoms with Crippen LogP contribution in [0.3, 0.4) is 0 Å². The van der Waals surface area contributed by atoms with Gasteiger partial charge in [-0.05, 0) is 13.8 Å². The Morgan fingerprint density at radius 3 is 3.06 bits per heavy atom. The Bertz CT molecular complexity index is 270. The number of nitrogens with zero attached hydrogens (tertiary/aromatic N) is 1. The van der Waals surface area contributed by atoms with Crippen LogP contribution in [0.2, 0.25) is 0 Å². The first-order valence-electron chi connectivity index (χ1n) is 6.51. The second kappa shape index (κ2) is 5.80. The lowest BCUT2D eigenvalue weighted by molar-refractivity contribution is -0.119. The van der Waals surface area contributed by atoms with Gasteiger partial charge in [-0.2, -0.15) is 0 Å². The molecule has 0 aromatic rings. The smallest absolute Gasteiger partial charge is 0.221 e. The number of hydrogen-bond acceptors (Lipinski definition) is 4. The van der Waals surface area contributed by atoms with Crippen molar-refractivity contribution in [3.8, 4) is 0 Å². The number of carbonyl (C=O) groups excluding carboxylic acids is 1. The number of morpholine rings is 1. The summed E-state index contributed by atoms with van der Waals surface area (Å²) in [6.45, 7) is 8.84. The standard InChI is InChI=1S/C12H23N3O2/c1-9(2)15-3-4-17-11(8-15)7-13-10-5-12(16)14-6-10/h9-11,13H,3-8H2,1-2H3,(H,14,16). The molecule has 2 N–H and O–H groups in total. The van der Waals surface area contributed by atoms with E-state index in [1.165, 1.54) is 0 Å². The molecule has 2 aliphatic rings. The molecule has 2 unspecified atom stereocenters. The van der Waals surface area contributed by atoms with E-state index in [-0.39, 0.29) is 18.1 Å². The van der Waals surface area contributed by atoms with Crippen LogP contribution in [0.5, 0.6) is 0 Å². The summed E-state index contributed by atoms with van der Waals surface area (Å²) in [6, 6.07) is 0.858. The van der Waals surface area contributed by atoms with Gasteiger partial charge >= 0.3 is 0 Å². The zero-order valence-electron chi connectivity index (χ0n) is 10.7. The maximum Gasteiger partial charge on any atom is 0.221 e. The predicted molar refractivity (Wildman–Crippen MR) is 65.9 cm³/mol. The topological polar surface area (TPSA) is 53.6 Å². The Morgan fingerprint density at radius 2 is 2.41 bits per heavy atom. The highest BCUT2D eigenvalue weighted by Crippen LogP contribution is 2.09. The molecule has 2 heterocycles. The predicted octanol–water partition coefficient (Wildman–Crippen LogP) is -0.426. The average Bonchev–Trinajstić information content (AvgIpc) is 2.73. The number of nitrogens with one attached hydrogen (secondary N) is 2. The molecule has 2 saturated heterocycles. The number of carbonyl (C=O) groups is 1. The van der Waals surface area contributed by atoms with Gasteiger partial charge in [0.2, 0.25) is 5.91 Å². The van der Waals surface area contributed by atoms with Crippen LogP contribution in [0.4, 0.5) is 0 Å². The lowest BCUT2D eigenvalue weighted by Crippen LogP contribution is -2.50. The maximum absolute atomic E-state index is 11.1. The summed E-state index contributed by atoms with van der Waals surface area (Å²) in [5.74, 6) is 0.149. The van der Waals surface area contributed by atoms with Gasteiger partial charge in [0, 0.05) is 44.7 Å². The lowest BCUT2D eigenvalue weighted by atomic mass is 10.2. The Balaban J connectivity index is 1.70. The van der Waals surface area contributed by atoms with E-state index in [0.717, 1.165) is 32.8 Å². The zero-order valence-corrected chi connectivity index (χ0v) is 10.7. The minimum Gasteiger partial charge on any atom is -0.374 e. The summed E-state index contributed by atoms with van der Waals surface area (Å²) < 4.78 is 5.74.